The summed E-state index contributed by atoms with van der Waals surface area (Å²) in [6.45, 7) is 0. The molecule has 0 aromatic heterocycles. The van der Waals surface area contributed by atoms with Gasteiger partial charge in [-0.25, -0.2) is 0 Å². The molecule has 0 spiro atoms. The number of rotatable bonds is 0. The zero-order valence-corrected chi connectivity index (χ0v) is 3.85. The van der Waals surface area contributed by atoms with Crippen LogP contribution in [0.1, 0.15) is 0 Å². The minimum Gasteiger partial charge on any atom is -0.181 e. The van der Waals surface area contributed by atoms with Crippen LogP contribution >= 0.6 is 0 Å². The zero-order valence-electron chi connectivity index (χ0n) is 2.75. The van der Waals surface area contributed by atoms with Crippen LogP contribution in [0.2, 0.25) is 0 Å². The molecule has 0 fully saturated rings. The molecule has 0 atom stereocenters. The second-order valence-electron chi connectivity index (χ2n) is 0.224. The average molecular weight is 120 g/mol. The van der Waals surface area contributed by atoms with Crippen LogP contribution < -0.4 is 0 Å². The summed E-state index contributed by atoms with van der Waals surface area (Å²) in [4.78, 5) is 0. The van der Waals surface area contributed by atoms with Gasteiger partial charge >= 0.3 is 0 Å². The predicted molar refractivity (Wildman–Crippen MR) is 14.5 cm³/mol. The molecule has 0 aliphatic carbocycles. The van der Waals surface area contributed by atoms with Crippen molar-refractivity contribution < 1.29 is 17.1 Å². The van der Waals surface area contributed by atoms with Gasteiger partial charge in [0.2, 0.25) is 0 Å². The van der Waals surface area contributed by atoms with Crippen LogP contribution in [0, 0.1) is 30.1 Å². The van der Waals surface area contributed by atoms with Gasteiger partial charge in [-0.3, -0.25) is 0 Å². The number of nitrogens with zero attached hydrogens (tertiary/aromatic N) is 2. The summed E-state index contributed by atoms with van der Waals surface area (Å²) in [5, 5.41) is 14.5. The Labute approximate surface area is 47.9 Å². The Morgan fingerprint density at radius 2 is 1.17 bits per heavy atom. The van der Waals surface area contributed by atoms with Crippen molar-refractivity contribution in [3.05, 3.63) is 7.43 Å². The molecule has 4 radical (unpaired) electrons. The molecule has 6 heavy (non-hydrogen) atoms. The Morgan fingerprint density at radius 1 is 1.00 bits per heavy atom. The quantitative estimate of drug-likeness (QED) is 0.426. The van der Waals surface area contributed by atoms with Crippen LogP contribution in [0.25, 0.3) is 0 Å². The van der Waals surface area contributed by atoms with Crippen LogP contribution in [-0.2, 0) is 17.1 Å². The zero-order chi connectivity index (χ0) is 3.41. The summed E-state index contributed by atoms with van der Waals surface area (Å²) in [6, 6.07) is 2.47. The fourth-order valence-electron chi connectivity index (χ4n) is 0. The average Bonchev–Trinajstić information content (AvgIpc) is 1.37. The molecule has 0 unspecified atom stereocenters. The van der Waals surface area contributed by atoms with Crippen LogP contribution in [-0.4, -0.2) is 0 Å². The summed E-state index contributed by atoms with van der Waals surface area (Å²) in [7, 11) is 0. The summed E-state index contributed by atoms with van der Waals surface area (Å²) in [5.74, 6) is 0. The Kier molecular flexibility index (Phi) is 72.8. The Bertz CT molecular complexity index is 63.8. The van der Waals surface area contributed by atoms with Gasteiger partial charge in [0.05, 0.1) is 0 Å². The first-order valence-corrected chi connectivity index (χ1v) is 0.697. The van der Waals surface area contributed by atoms with Crippen LogP contribution in [0.5, 0.6) is 0 Å². The largest absolute Gasteiger partial charge is 0.181 e. The first-order valence-electron chi connectivity index (χ1n) is 0.697. The van der Waals surface area contributed by atoms with Crippen molar-refractivity contribution in [1.82, 2.24) is 0 Å². The Hall–Kier alpha value is -0.501. The second kappa shape index (κ2) is 24.5. The van der Waals surface area contributed by atoms with Crippen molar-refractivity contribution in [2.75, 3.05) is 0 Å². The third kappa shape index (κ3) is 87.6. The van der Waals surface area contributed by atoms with Gasteiger partial charge < -0.3 is 0 Å². The molecule has 2 nitrogen and oxygen atoms in total. The number of hydrogen-bond acceptors (Lipinski definition) is 2. The topological polar surface area (TPSA) is 47.6 Å². The molecule has 0 aliphatic heterocycles. The maximum atomic E-state index is 7.26. The van der Waals surface area contributed by atoms with Gasteiger partial charge in [-0.2, -0.15) is 10.5 Å². The van der Waals surface area contributed by atoms with Crippen LogP contribution in [0.3, 0.4) is 0 Å². The molecule has 0 amide bonds. The molecule has 0 aromatic carbocycles. The van der Waals surface area contributed by atoms with Crippen molar-refractivity contribution >= 4 is 0 Å². The van der Waals surface area contributed by atoms with Gasteiger partial charge in [0.1, 0.15) is 0 Å². The van der Waals surface area contributed by atoms with Gasteiger partial charge in [0, 0.05) is 24.5 Å². The Morgan fingerprint density at radius 3 is 1.17 bits per heavy atom. The van der Waals surface area contributed by atoms with Gasteiger partial charge in [-0.05, 0) is 0 Å². The molecule has 0 rings (SSSR count). The first kappa shape index (κ1) is 17.8. The van der Waals surface area contributed by atoms with Gasteiger partial charge in [-0.15, -0.1) is 0 Å². The van der Waals surface area contributed by atoms with E-state index >= 15 is 0 Å². The number of nitriles is 2. The predicted octanol–water partition coefficient (Wildman–Crippen LogP) is 0.112. The normalized spacial score (nSPS) is 1.67. The fourth-order valence-corrected chi connectivity index (χ4v) is 0. The van der Waals surface area contributed by atoms with Crippen LogP contribution in [0.15, 0.2) is 0 Å². The first-order chi connectivity index (χ1) is 1.91. The fraction of sp³-hybridized carbons (Fsp3) is 0. The smallest absolute Gasteiger partial charge is 0.181 e. The molecule has 30 valence electrons. The third-order valence-electron chi connectivity index (χ3n) is 0.0500. The van der Waals surface area contributed by atoms with Crippen molar-refractivity contribution in [1.29, 1.82) is 10.5 Å². The molecule has 0 aromatic rings. The van der Waals surface area contributed by atoms with E-state index in [1.165, 1.54) is 12.1 Å². The van der Waals surface area contributed by atoms with E-state index < -0.39 is 0 Å². The van der Waals surface area contributed by atoms with E-state index in [1.54, 1.807) is 0 Å². The summed E-state index contributed by atoms with van der Waals surface area (Å²) in [5.41, 5.74) is 0. The molecule has 0 N–H and O–H groups in total. The van der Waals surface area contributed by atoms with E-state index in [4.69, 9.17) is 10.5 Å². The molecule has 0 saturated carbocycles. The minimum absolute atomic E-state index is 0. The van der Waals surface area contributed by atoms with E-state index in [0.29, 0.717) is 0 Å². The van der Waals surface area contributed by atoms with Gasteiger partial charge in [0.15, 0.2) is 12.1 Å². The summed E-state index contributed by atoms with van der Waals surface area (Å²) < 4.78 is 0. The molecule has 3 heteroatoms. The van der Waals surface area contributed by atoms with Crippen molar-refractivity contribution in [2.45, 2.75) is 0 Å². The third-order valence-corrected chi connectivity index (χ3v) is 0.0500. The van der Waals surface area contributed by atoms with Gasteiger partial charge in [0.25, 0.3) is 0 Å². The SMILES string of the molecule is N#CC#N.[C].[Fe]. The van der Waals surface area contributed by atoms with Crippen molar-refractivity contribution in [3.63, 3.8) is 0 Å². The number of hydrogen-bond donors (Lipinski definition) is 0. The van der Waals surface area contributed by atoms with E-state index in [1.807, 2.05) is 0 Å². The maximum absolute atomic E-state index is 7.26. The van der Waals surface area contributed by atoms with Gasteiger partial charge in [-0.1, -0.05) is 0 Å². The molecule has 0 heterocycles. The molecule has 0 saturated heterocycles. The Balaban J connectivity index is -0.0000000450. The minimum atomic E-state index is 0. The molecular weight excluding hydrogens is 120 g/mol. The standard InChI is InChI=1S/C2N2.C.Fe/c3-1-2-4;;. The molecule has 0 bridgehead atoms. The summed E-state index contributed by atoms with van der Waals surface area (Å²) in [6.07, 6.45) is 0. The van der Waals surface area contributed by atoms with Crippen molar-refractivity contribution in [2.24, 2.45) is 0 Å². The van der Waals surface area contributed by atoms with Crippen LogP contribution in [0.4, 0.5) is 0 Å². The van der Waals surface area contributed by atoms with E-state index in [0.717, 1.165) is 0 Å². The van der Waals surface area contributed by atoms with E-state index in [2.05, 4.69) is 0 Å². The maximum Gasteiger partial charge on any atom is 0.181 e. The summed E-state index contributed by atoms with van der Waals surface area (Å²) >= 11 is 0. The molecular formula is C3FeN2. The second-order valence-corrected chi connectivity index (χ2v) is 0.224. The van der Waals surface area contributed by atoms with Crippen molar-refractivity contribution in [3.8, 4) is 12.1 Å². The monoisotopic (exact) mass is 120 g/mol. The van der Waals surface area contributed by atoms with E-state index in [9.17, 15) is 0 Å². The molecule has 0 aliphatic rings. The van der Waals surface area contributed by atoms with E-state index in [-0.39, 0.29) is 24.5 Å².